The van der Waals surface area contributed by atoms with Gasteiger partial charge in [-0.25, -0.2) is 15.0 Å². The van der Waals surface area contributed by atoms with E-state index in [2.05, 4.69) is 38.1 Å². The van der Waals surface area contributed by atoms with E-state index >= 15 is 0 Å². The molecule has 0 unspecified atom stereocenters. The summed E-state index contributed by atoms with van der Waals surface area (Å²) in [6.45, 7) is 0.879. The maximum absolute atomic E-state index is 6.30. The van der Waals surface area contributed by atoms with Crippen LogP contribution in [0.3, 0.4) is 0 Å². The third-order valence-corrected chi connectivity index (χ3v) is 3.73. The smallest absolute Gasteiger partial charge is 0.166 e. The monoisotopic (exact) mass is 278 g/mol. The van der Waals surface area contributed by atoms with Crippen LogP contribution >= 0.6 is 0 Å². The van der Waals surface area contributed by atoms with Gasteiger partial charge in [0.25, 0.3) is 0 Å². The Morgan fingerprint density at radius 3 is 2.81 bits per heavy atom. The van der Waals surface area contributed by atoms with Crippen LogP contribution in [0.2, 0.25) is 0 Å². The van der Waals surface area contributed by atoms with Gasteiger partial charge >= 0.3 is 0 Å². The highest BCUT2D eigenvalue weighted by molar-refractivity contribution is 5.78. The summed E-state index contributed by atoms with van der Waals surface area (Å²) >= 11 is 0. The molecule has 0 saturated carbocycles. The molecule has 0 atom stereocenters. The quantitative estimate of drug-likeness (QED) is 0.775. The topological polar surface area (TPSA) is 72.9 Å². The molecule has 2 aromatic heterocycles. The molecule has 0 bridgehead atoms. The SMILES string of the molecule is Nc1c(N2CCc3ccccc32)ncnc1-n1ccnc1. The number of anilines is 3. The maximum Gasteiger partial charge on any atom is 0.166 e. The first-order valence-electron chi connectivity index (χ1n) is 6.79. The largest absolute Gasteiger partial charge is 0.393 e. The summed E-state index contributed by atoms with van der Waals surface area (Å²) in [7, 11) is 0. The summed E-state index contributed by atoms with van der Waals surface area (Å²) in [4.78, 5) is 14.8. The van der Waals surface area contributed by atoms with Crippen molar-refractivity contribution in [3.63, 3.8) is 0 Å². The highest BCUT2D eigenvalue weighted by atomic mass is 15.2. The van der Waals surface area contributed by atoms with Crippen LogP contribution in [0.4, 0.5) is 17.2 Å². The van der Waals surface area contributed by atoms with Crippen LogP contribution in [-0.2, 0) is 6.42 Å². The number of nitrogens with two attached hydrogens (primary N) is 1. The molecule has 0 amide bonds. The number of nitrogens with zero attached hydrogens (tertiary/aromatic N) is 5. The predicted molar refractivity (Wildman–Crippen MR) is 80.7 cm³/mol. The fraction of sp³-hybridized carbons (Fsp3) is 0.133. The fourth-order valence-electron chi connectivity index (χ4n) is 2.74. The molecule has 3 heterocycles. The van der Waals surface area contributed by atoms with Crippen molar-refractivity contribution >= 4 is 17.2 Å². The minimum absolute atomic E-state index is 0.562. The van der Waals surface area contributed by atoms with Crippen molar-refractivity contribution in [3.05, 3.63) is 54.9 Å². The Balaban J connectivity index is 1.82. The van der Waals surface area contributed by atoms with E-state index < -0.39 is 0 Å². The van der Waals surface area contributed by atoms with E-state index in [1.807, 2.05) is 12.3 Å². The van der Waals surface area contributed by atoms with E-state index in [-0.39, 0.29) is 0 Å². The zero-order valence-corrected chi connectivity index (χ0v) is 11.3. The first-order valence-corrected chi connectivity index (χ1v) is 6.79. The number of benzene rings is 1. The van der Waals surface area contributed by atoms with Crippen molar-refractivity contribution in [1.82, 2.24) is 19.5 Å². The lowest BCUT2D eigenvalue weighted by molar-refractivity contribution is 0.936. The van der Waals surface area contributed by atoms with Crippen LogP contribution in [0.1, 0.15) is 5.56 Å². The van der Waals surface area contributed by atoms with Gasteiger partial charge in [-0.3, -0.25) is 4.57 Å². The van der Waals surface area contributed by atoms with Crippen molar-refractivity contribution in [3.8, 4) is 5.82 Å². The van der Waals surface area contributed by atoms with E-state index in [1.54, 1.807) is 23.4 Å². The fourth-order valence-corrected chi connectivity index (χ4v) is 2.74. The van der Waals surface area contributed by atoms with E-state index in [1.165, 1.54) is 11.3 Å². The first kappa shape index (κ1) is 11.9. The Bertz CT molecular complexity index is 781. The highest BCUT2D eigenvalue weighted by Gasteiger charge is 2.24. The van der Waals surface area contributed by atoms with Crippen LogP contribution in [0.5, 0.6) is 0 Å². The van der Waals surface area contributed by atoms with Crippen molar-refractivity contribution in [2.24, 2.45) is 0 Å². The summed E-state index contributed by atoms with van der Waals surface area (Å²) < 4.78 is 1.79. The van der Waals surface area contributed by atoms with Crippen molar-refractivity contribution in [1.29, 1.82) is 0 Å². The molecule has 0 spiro atoms. The molecule has 1 aliphatic heterocycles. The molecule has 2 N–H and O–H groups in total. The zero-order chi connectivity index (χ0) is 14.2. The number of aromatic nitrogens is 4. The normalized spacial score (nSPS) is 13.4. The van der Waals surface area contributed by atoms with Crippen LogP contribution < -0.4 is 10.6 Å². The van der Waals surface area contributed by atoms with Crippen LogP contribution in [0.15, 0.2) is 49.3 Å². The third kappa shape index (κ3) is 1.84. The number of hydrogen-bond acceptors (Lipinski definition) is 5. The lowest BCUT2D eigenvalue weighted by atomic mass is 10.2. The lowest BCUT2D eigenvalue weighted by Crippen LogP contribution is -2.18. The molecule has 6 nitrogen and oxygen atoms in total. The molecule has 6 heteroatoms. The Morgan fingerprint density at radius 1 is 1.10 bits per heavy atom. The van der Waals surface area contributed by atoms with Gasteiger partial charge in [0.2, 0.25) is 0 Å². The van der Waals surface area contributed by atoms with Crippen LogP contribution in [-0.4, -0.2) is 26.1 Å². The first-order chi connectivity index (χ1) is 10.3. The number of hydrogen-bond donors (Lipinski definition) is 1. The van der Waals surface area contributed by atoms with Gasteiger partial charge in [-0.15, -0.1) is 0 Å². The van der Waals surface area contributed by atoms with Gasteiger partial charge in [-0.2, -0.15) is 0 Å². The number of rotatable bonds is 2. The Labute approximate surface area is 121 Å². The summed E-state index contributed by atoms with van der Waals surface area (Å²) in [5, 5.41) is 0. The second-order valence-corrected chi connectivity index (χ2v) is 4.93. The number of fused-ring (bicyclic) bond motifs is 1. The van der Waals surface area contributed by atoms with Gasteiger partial charge < -0.3 is 10.6 Å². The van der Waals surface area contributed by atoms with Gasteiger partial charge in [0.15, 0.2) is 11.6 Å². The second-order valence-electron chi connectivity index (χ2n) is 4.93. The van der Waals surface area contributed by atoms with E-state index in [0.717, 1.165) is 18.8 Å². The molecule has 104 valence electrons. The van der Waals surface area contributed by atoms with Crippen molar-refractivity contribution in [2.45, 2.75) is 6.42 Å². The van der Waals surface area contributed by atoms with Gasteiger partial charge in [-0.05, 0) is 18.1 Å². The molecule has 0 saturated heterocycles. The van der Waals surface area contributed by atoms with Crippen LogP contribution in [0, 0.1) is 0 Å². The minimum atomic E-state index is 0.562. The van der Waals surface area contributed by atoms with Gasteiger partial charge in [0.05, 0.1) is 0 Å². The highest BCUT2D eigenvalue weighted by Crippen LogP contribution is 2.36. The summed E-state index contributed by atoms with van der Waals surface area (Å²) in [5.74, 6) is 1.40. The minimum Gasteiger partial charge on any atom is -0.393 e. The summed E-state index contributed by atoms with van der Waals surface area (Å²) in [5.41, 5.74) is 9.34. The van der Waals surface area contributed by atoms with Gasteiger partial charge in [-0.1, -0.05) is 18.2 Å². The van der Waals surface area contributed by atoms with Crippen molar-refractivity contribution in [2.75, 3.05) is 17.2 Å². The molecule has 0 aliphatic carbocycles. The summed E-state index contributed by atoms with van der Waals surface area (Å²) in [6, 6.07) is 8.33. The Kier molecular flexibility index (Phi) is 2.60. The summed E-state index contributed by atoms with van der Waals surface area (Å²) in [6.07, 6.45) is 7.75. The molecule has 4 rings (SSSR count). The molecule has 0 fully saturated rings. The zero-order valence-electron chi connectivity index (χ0n) is 11.3. The molecular weight excluding hydrogens is 264 g/mol. The van der Waals surface area contributed by atoms with Crippen molar-refractivity contribution < 1.29 is 0 Å². The Hall–Kier alpha value is -2.89. The van der Waals surface area contributed by atoms with Gasteiger partial charge in [0, 0.05) is 24.6 Å². The Morgan fingerprint density at radius 2 is 1.95 bits per heavy atom. The second kappa shape index (κ2) is 4.59. The van der Waals surface area contributed by atoms with Crippen LogP contribution in [0.25, 0.3) is 5.82 Å². The number of para-hydroxylation sites is 1. The third-order valence-electron chi connectivity index (χ3n) is 3.73. The molecule has 21 heavy (non-hydrogen) atoms. The van der Waals surface area contributed by atoms with E-state index in [4.69, 9.17) is 5.73 Å². The molecule has 1 aromatic carbocycles. The molecule has 1 aliphatic rings. The van der Waals surface area contributed by atoms with E-state index in [0.29, 0.717) is 11.5 Å². The average molecular weight is 278 g/mol. The molecule has 3 aromatic rings. The average Bonchev–Trinajstić information content (AvgIpc) is 3.17. The molecular formula is C15H14N6. The van der Waals surface area contributed by atoms with E-state index in [9.17, 15) is 0 Å². The van der Waals surface area contributed by atoms with Gasteiger partial charge in [0.1, 0.15) is 18.3 Å². The number of imidazole rings is 1. The number of nitrogen functional groups attached to an aromatic ring is 1. The lowest BCUT2D eigenvalue weighted by Gasteiger charge is -2.20. The predicted octanol–water partition coefficient (Wildman–Crippen LogP) is 1.94. The maximum atomic E-state index is 6.30. The molecule has 0 radical (unpaired) electrons. The standard InChI is InChI=1S/C15H14N6/c16-13-14(20-8-6-17-10-20)18-9-19-15(13)21-7-5-11-3-1-2-4-12(11)21/h1-4,6,8-10H,5,7,16H2.